The Bertz CT molecular complexity index is 1820. The number of aromatic amines is 1. The molecule has 220 valence electrons. The molecule has 0 radical (unpaired) electrons. The van der Waals surface area contributed by atoms with E-state index in [1.54, 1.807) is 23.2 Å². The van der Waals surface area contributed by atoms with Gasteiger partial charge in [-0.15, -0.1) is 0 Å². The van der Waals surface area contributed by atoms with Crippen LogP contribution in [0.1, 0.15) is 74.5 Å². The summed E-state index contributed by atoms with van der Waals surface area (Å²) in [6.07, 6.45) is 11.1. The zero-order chi connectivity index (χ0) is 29.8. The molecule has 43 heavy (non-hydrogen) atoms. The molecule has 4 aromatic heterocycles. The maximum Gasteiger partial charge on any atom is 0.439 e. The van der Waals surface area contributed by atoms with Gasteiger partial charge in [-0.05, 0) is 44.2 Å². The Morgan fingerprint density at radius 3 is 2.42 bits per heavy atom. The highest BCUT2D eigenvalue weighted by Crippen LogP contribution is 2.36. The Balaban J connectivity index is 1.38. The zero-order valence-electron chi connectivity index (χ0n) is 24.2. The van der Waals surface area contributed by atoms with Crippen LogP contribution in [-0.4, -0.2) is 41.3 Å². The fourth-order valence-electron chi connectivity index (χ4n) is 5.30. The van der Waals surface area contributed by atoms with Gasteiger partial charge in [-0.2, -0.15) is 0 Å². The van der Waals surface area contributed by atoms with Gasteiger partial charge in [0.2, 0.25) is 5.95 Å². The van der Waals surface area contributed by atoms with Gasteiger partial charge < -0.3 is 4.74 Å². The summed E-state index contributed by atoms with van der Waals surface area (Å²) in [7, 11) is 0. The fraction of sp³-hybridized carbons (Fsp3) is 0.344. The van der Waals surface area contributed by atoms with Gasteiger partial charge >= 0.3 is 5.76 Å². The molecule has 11 nitrogen and oxygen atoms in total. The van der Waals surface area contributed by atoms with E-state index in [-0.39, 0.29) is 11.5 Å². The summed E-state index contributed by atoms with van der Waals surface area (Å²) in [5, 5.41) is 3.83. The van der Waals surface area contributed by atoms with Crippen molar-refractivity contribution in [3.63, 3.8) is 0 Å². The fourth-order valence-corrected chi connectivity index (χ4v) is 5.30. The van der Waals surface area contributed by atoms with E-state index in [0.29, 0.717) is 47.4 Å². The Morgan fingerprint density at radius 2 is 1.79 bits per heavy atom. The molecule has 0 bridgehead atoms. The normalized spacial score (nSPS) is 13.2. The van der Waals surface area contributed by atoms with E-state index < -0.39 is 5.76 Å². The number of hydrogen-bond acceptors (Lipinski definition) is 9. The topological polar surface area (TPSA) is 142 Å². The molecule has 4 heterocycles. The number of benzene rings is 1. The number of aromatic nitrogens is 7. The largest absolute Gasteiger partial charge is 0.491 e. The van der Waals surface area contributed by atoms with Crippen molar-refractivity contribution in [1.82, 2.24) is 34.6 Å². The highest BCUT2D eigenvalue weighted by molar-refractivity contribution is 5.78. The van der Waals surface area contributed by atoms with Gasteiger partial charge in [0.25, 0.3) is 5.56 Å². The van der Waals surface area contributed by atoms with Crippen LogP contribution in [0.2, 0.25) is 0 Å². The first-order chi connectivity index (χ1) is 21.1. The zero-order valence-corrected chi connectivity index (χ0v) is 24.2. The minimum absolute atomic E-state index is 0.142. The molecule has 1 aliphatic carbocycles. The third-order valence-corrected chi connectivity index (χ3v) is 7.76. The van der Waals surface area contributed by atoms with E-state index in [9.17, 15) is 9.59 Å². The van der Waals surface area contributed by atoms with Crippen LogP contribution in [0.3, 0.4) is 0 Å². The van der Waals surface area contributed by atoms with E-state index in [1.807, 2.05) is 43.3 Å². The van der Waals surface area contributed by atoms with Gasteiger partial charge in [0.15, 0.2) is 11.6 Å². The molecule has 0 spiro atoms. The standard InChI is InChI=1S/C32H33N7O4/c1-3-5-13-27-25(30(40)39(29(36-27)21-9-8-10-21)31-34-18-22(19-35-31)42-4-2)16-20-14-15-26(33-17-20)23-11-6-7-12-24(23)28-37-32(41)43-38-28/h6-7,11-12,14-15,17-19,21H,3-5,8-10,13,16H2,1-2H3,(H,37,38,41). The molecule has 5 aromatic rings. The van der Waals surface area contributed by atoms with Crippen molar-refractivity contribution in [3.05, 3.63) is 98.5 Å². The van der Waals surface area contributed by atoms with Gasteiger partial charge in [-0.3, -0.25) is 19.3 Å². The summed E-state index contributed by atoms with van der Waals surface area (Å²) in [6, 6.07) is 11.4. The van der Waals surface area contributed by atoms with Gasteiger partial charge in [0.05, 0.1) is 30.4 Å². The molecule has 1 saturated carbocycles. The minimum Gasteiger partial charge on any atom is -0.491 e. The second-order valence-corrected chi connectivity index (χ2v) is 10.6. The smallest absolute Gasteiger partial charge is 0.439 e. The Hall–Kier alpha value is -4.93. The molecule has 6 rings (SSSR count). The number of ether oxygens (including phenoxy) is 1. The van der Waals surface area contributed by atoms with E-state index in [4.69, 9.17) is 19.2 Å². The van der Waals surface area contributed by atoms with E-state index >= 15 is 0 Å². The summed E-state index contributed by atoms with van der Waals surface area (Å²) >= 11 is 0. The highest BCUT2D eigenvalue weighted by Gasteiger charge is 2.29. The van der Waals surface area contributed by atoms with Crippen molar-refractivity contribution in [3.8, 4) is 34.3 Å². The van der Waals surface area contributed by atoms with Crippen LogP contribution in [0.15, 0.2) is 69.1 Å². The van der Waals surface area contributed by atoms with Crippen LogP contribution >= 0.6 is 0 Å². The predicted octanol–water partition coefficient (Wildman–Crippen LogP) is 5.03. The third kappa shape index (κ3) is 5.88. The number of nitrogens with zero attached hydrogens (tertiary/aromatic N) is 6. The molecule has 11 heteroatoms. The highest BCUT2D eigenvalue weighted by atomic mass is 16.5. The van der Waals surface area contributed by atoms with Crippen LogP contribution in [0.4, 0.5) is 0 Å². The SMILES string of the molecule is CCCCc1nc(C2CCC2)n(-c2ncc(OCC)cn2)c(=O)c1Cc1ccc(-c2ccccc2-c2noc(=O)[nH]2)nc1. The maximum atomic E-state index is 14.3. The number of rotatable bonds is 11. The van der Waals surface area contributed by atoms with Gasteiger partial charge in [0.1, 0.15) is 5.82 Å². The second-order valence-electron chi connectivity index (χ2n) is 10.6. The average molecular weight is 580 g/mol. The van der Waals surface area contributed by atoms with Gasteiger partial charge in [0, 0.05) is 35.2 Å². The summed E-state index contributed by atoms with van der Waals surface area (Å²) in [5.41, 5.74) is 4.39. The lowest BCUT2D eigenvalue weighted by Crippen LogP contribution is -2.33. The molecule has 0 aliphatic heterocycles. The van der Waals surface area contributed by atoms with Crippen LogP contribution in [0.25, 0.3) is 28.6 Å². The predicted molar refractivity (Wildman–Crippen MR) is 160 cm³/mol. The number of hydrogen-bond donors (Lipinski definition) is 1. The number of aryl methyl sites for hydroxylation is 1. The quantitative estimate of drug-likeness (QED) is 0.228. The molecule has 1 aliphatic rings. The summed E-state index contributed by atoms with van der Waals surface area (Å²) in [4.78, 5) is 47.2. The summed E-state index contributed by atoms with van der Waals surface area (Å²) < 4.78 is 11.8. The first-order valence-corrected chi connectivity index (χ1v) is 14.8. The monoisotopic (exact) mass is 579 g/mol. The lowest BCUT2D eigenvalue weighted by Gasteiger charge is -2.28. The van der Waals surface area contributed by atoms with Crippen molar-refractivity contribution in [2.24, 2.45) is 0 Å². The number of nitrogens with one attached hydrogen (secondary N) is 1. The molecule has 1 N–H and O–H groups in total. The molecule has 1 fully saturated rings. The minimum atomic E-state index is -0.620. The van der Waals surface area contributed by atoms with Crippen LogP contribution in [0, 0.1) is 0 Å². The molecule has 0 unspecified atom stereocenters. The number of pyridine rings is 1. The number of unbranched alkanes of at least 4 members (excludes halogenated alkanes) is 1. The Kier molecular flexibility index (Phi) is 8.21. The van der Waals surface area contributed by atoms with Crippen LogP contribution in [-0.2, 0) is 12.8 Å². The second kappa shape index (κ2) is 12.5. The third-order valence-electron chi connectivity index (χ3n) is 7.76. The Morgan fingerprint density at radius 1 is 1.00 bits per heavy atom. The van der Waals surface area contributed by atoms with Crippen molar-refractivity contribution in [1.29, 1.82) is 0 Å². The first kappa shape index (κ1) is 28.2. The van der Waals surface area contributed by atoms with Crippen LogP contribution < -0.4 is 16.1 Å². The molecule has 0 amide bonds. The Labute approximate surface area is 248 Å². The van der Waals surface area contributed by atoms with Crippen molar-refractivity contribution in [2.75, 3.05) is 6.61 Å². The molecule has 0 atom stereocenters. The lowest BCUT2D eigenvalue weighted by atomic mass is 9.84. The molecule has 0 saturated heterocycles. The molecular weight excluding hydrogens is 546 g/mol. The maximum absolute atomic E-state index is 14.3. The molecule has 1 aromatic carbocycles. The summed E-state index contributed by atoms with van der Waals surface area (Å²) in [5.74, 6) is 1.53. The number of H-pyrrole nitrogens is 1. The van der Waals surface area contributed by atoms with Gasteiger partial charge in [-0.1, -0.05) is 55.3 Å². The summed E-state index contributed by atoms with van der Waals surface area (Å²) in [6.45, 7) is 4.54. The first-order valence-electron chi connectivity index (χ1n) is 14.8. The van der Waals surface area contributed by atoms with Crippen molar-refractivity contribution >= 4 is 0 Å². The lowest BCUT2D eigenvalue weighted by molar-refractivity contribution is 0.337. The van der Waals surface area contributed by atoms with Gasteiger partial charge in [-0.25, -0.2) is 24.3 Å². The van der Waals surface area contributed by atoms with E-state index in [1.165, 1.54) is 0 Å². The van der Waals surface area contributed by atoms with Crippen molar-refractivity contribution < 1.29 is 9.26 Å². The average Bonchev–Trinajstić information content (AvgIpc) is 3.44. The van der Waals surface area contributed by atoms with Crippen LogP contribution in [0.5, 0.6) is 5.75 Å². The van der Waals surface area contributed by atoms with E-state index in [2.05, 4.69) is 27.0 Å². The molecular formula is C32H33N7O4. The van der Waals surface area contributed by atoms with Crippen molar-refractivity contribution in [2.45, 2.75) is 64.7 Å². The van der Waals surface area contributed by atoms with E-state index in [0.717, 1.165) is 61.2 Å².